The standard InChI is InChI=1S/C16H22ClNO/c1-3-11(2)9-14(17)12-7-8-15-13(10-12)5-4-6-16(19)18-15/h7-8,10-11,14H,3-6,9H2,1-2H3,(H,18,19). The molecule has 2 nitrogen and oxygen atoms in total. The summed E-state index contributed by atoms with van der Waals surface area (Å²) in [7, 11) is 0. The molecule has 19 heavy (non-hydrogen) atoms. The van der Waals surface area contributed by atoms with Gasteiger partial charge in [-0.1, -0.05) is 32.4 Å². The van der Waals surface area contributed by atoms with E-state index in [-0.39, 0.29) is 11.3 Å². The van der Waals surface area contributed by atoms with Gasteiger partial charge >= 0.3 is 0 Å². The van der Waals surface area contributed by atoms with Crippen LogP contribution in [0, 0.1) is 5.92 Å². The zero-order valence-electron chi connectivity index (χ0n) is 11.7. The summed E-state index contributed by atoms with van der Waals surface area (Å²) >= 11 is 6.50. The first-order chi connectivity index (χ1) is 9.10. The van der Waals surface area contributed by atoms with E-state index in [1.54, 1.807) is 0 Å². The first kappa shape index (κ1) is 14.4. The smallest absolute Gasteiger partial charge is 0.224 e. The largest absolute Gasteiger partial charge is 0.326 e. The van der Waals surface area contributed by atoms with E-state index in [0.717, 1.165) is 31.4 Å². The van der Waals surface area contributed by atoms with Gasteiger partial charge in [0.05, 0.1) is 5.38 Å². The Bertz CT molecular complexity index is 458. The number of aryl methyl sites for hydroxylation is 1. The number of carbonyl (C=O) groups excluding carboxylic acids is 1. The quantitative estimate of drug-likeness (QED) is 0.797. The monoisotopic (exact) mass is 279 g/mol. The van der Waals surface area contributed by atoms with Crippen molar-refractivity contribution in [1.29, 1.82) is 0 Å². The first-order valence-electron chi connectivity index (χ1n) is 7.17. The van der Waals surface area contributed by atoms with Crippen LogP contribution >= 0.6 is 11.6 Å². The van der Waals surface area contributed by atoms with Gasteiger partial charge in [-0.2, -0.15) is 0 Å². The zero-order chi connectivity index (χ0) is 13.8. The maximum atomic E-state index is 11.5. The van der Waals surface area contributed by atoms with Crippen molar-refractivity contribution in [2.75, 3.05) is 5.32 Å². The Morgan fingerprint density at radius 2 is 2.16 bits per heavy atom. The number of halogens is 1. The zero-order valence-corrected chi connectivity index (χ0v) is 12.5. The number of amides is 1. The average molecular weight is 280 g/mol. The topological polar surface area (TPSA) is 29.1 Å². The van der Waals surface area contributed by atoms with Crippen LogP contribution in [-0.4, -0.2) is 5.91 Å². The fourth-order valence-electron chi connectivity index (χ4n) is 2.45. The van der Waals surface area contributed by atoms with Crippen LogP contribution in [0.3, 0.4) is 0 Å². The molecule has 1 aliphatic rings. The van der Waals surface area contributed by atoms with Crippen molar-refractivity contribution in [2.45, 2.75) is 51.3 Å². The molecule has 1 heterocycles. The minimum absolute atomic E-state index is 0.0687. The number of anilines is 1. The molecule has 0 spiro atoms. The molecule has 0 aromatic heterocycles. The molecule has 0 saturated carbocycles. The Kier molecular flexibility index (Phi) is 4.87. The second-order valence-corrected chi connectivity index (χ2v) is 6.06. The van der Waals surface area contributed by atoms with Crippen LogP contribution in [0.1, 0.15) is 56.0 Å². The molecule has 0 fully saturated rings. The minimum atomic E-state index is 0.0687. The Balaban J connectivity index is 2.16. The fraction of sp³-hybridized carbons (Fsp3) is 0.562. The maximum Gasteiger partial charge on any atom is 0.224 e. The van der Waals surface area contributed by atoms with Gasteiger partial charge in [0.15, 0.2) is 0 Å². The summed E-state index contributed by atoms with van der Waals surface area (Å²) in [6.07, 6.45) is 4.64. The van der Waals surface area contributed by atoms with E-state index in [0.29, 0.717) is 12.3 Å². The number of nitrogens with one attached hydrogen (secondary N) is 1. The predicted octanol–water partition coefficient (Wildman–Crippen LogP) is 4.68. The molecule has 1 N–H and O–H groups in total. The van der Waals surface area contributed by atoms with Crippen LogP contribution in [0.4, 0.5) is 5.69 Å². The Morgan fingerprint density at radius 3 is 2.89 bits per heavy atom. The molecule has 2 rings (SSSR count). The van der Waals surface area contributed by atoms with Crippen molar-refractivity contribution in [1.82, 2.24) is 0 Å². The van der Waals surface area contributed by atoms with Crippen LogP contribution < -0.4 is 5.32 Å². The van der Waals surface area contributed by atoms with Crippen LogP contribution in [0.5, 0.6) is 0 Å². The second kappa shape index (κ2) is 6.42. The van der Waals surface area contributed by atoms with Gasteiger partial charge in [0.25, 0.3) is 0 Å². The van der Waals surface area contributed by atoms with Crippen LogP contribution in [0.25, 0.3) is 0 Å². The molecule has 0 saturated heterocycles. The first-order valence-corrected chi connectivity index (χ1v) is 7.60. The molecule has 3 heteroatoms. The third-order valence-electron chi connectivity index (χ3n) is 3.92. The highest BCUT2D eigenvalue weighted by atomic mass is 35.5. The van der Waals surface area contributed by atoms with Crippen molar-refractivity contribution in [2.24, 2.45) is 5.92 Å². The van der Waals surface area contributed by atoms with Gasteiger partial charge in [-0.25, -0.2) is 0 Å². The van der Waals surface area contributed by atoms with E-state index in [1.807, 2.05) is 12.1 Å². The number of hydrogen-bond donors (Lipinski definition) is 1. The number of fused-ring (bicyclic) bond motifs is 1. The molecular weight excluding hydrogens is 258 g/mol. The molecule has 2 unspecified atom stereocenters. The van der Waals surface area contributed by atoms with Crippen molar-refractivity contribution in [3.8, 4) is 0 Å². The van der Waals surface area contributed by atoms with Crippen molar-refractivity contribution >= 4 is 23.2 Å². The van der Waals surface area contributed by atoms with Gasteiger partial charge in [-0.15, -0.1) is 11.6 Å². The van der Waals surface area contributed by atoms with Crippen LogP contribution in [0.15, 0.2) is 18.2 Å². The molecule has 2 atom stereocenters. The lowest BCUT2D eigenvalue weighted by molar-refractivity contribution is -0.116. The number of rotatable bonds is 4. The number of benzene rings is 1. The molecule has 104 valence electrons. The van der Waals surface area contributed by atoms with Gasteiger partial charge in [0, 0.05) is 12.1 Å². The fourth-order valence-corrected chi connectivity index (χ4v) is 2.89. The summed E-state index contributed by atoms with van der Waals surface area (Å²) in [4.78, 5) is 11.5. The van der Waals surface area contributed by atoms with E-state index in [2.05, 4.69) is 25.2 Å². The molecule has 0 aliphatic carbocycles. The van der Waals surface area contributed by atoms with E-state index >= 15 is 0 Å². The van der Waals surface area contributed by atoms with Gasteiger partial charge in [0.1, 0.15) is 0 Å². The van der Waals surface area contributed by atoms with Gasteiger partial charge < -0.3 is 5.32 Å². The lowest BCUT2D eigenvalue weighted by atomic mass is 9.96. The third-order valence-corrected chi connectivity index (χ3v) is 4.35. The van der Waals surface area contributed by atoms with Gasteiger partial charge in [-0.3, -0.25) is 4.79 Å². The van der Waals surface area contributed by atoms with Crippen molar-refractivity contribution < 1.29 is 4.79 Å². The normalized spacial score (nSPS) is 18.2. The number of alkyl halides is 1. The van der Waals surface area contributed by atoms with Crippen molar-refractivity contribution in [3.05, 3.63) is 29.3 Å². The summed E-state index contributed by atoms with van der Waals surface area (Å²) in [6, 6.07) is 6.21. The Morgan fingerprint density at radius 1 is 1.37 bits per heavy atom. The Labute approximate surface area is 120 Å². The van der Waals surface area contributed by atoms with Crippen LogP contribution in [-0.2, 0) is 11.2 Å². The number of carbonyl (C=O) groups is 1. The third kappa shape index (κ3) is 3.73. The lowest BCUT2D eigenvalue weighted by Crippen LogP contribution is -2.09. The predicted molar refractivity (Wildman–Crippen MR) is 80.7 cm³/mol. The summed E-state index contributed by atoms with van der Waals surface area (Å²) < 4.78 is 0. The number of hydrogen-bond acceptors (Lipinski definition) is 1. The summed E-state index contributed by atoms with van der Waals surface area (Å²) in [5.74, 6) is 0.759. The SMILES string of the molecule is CCC(C)CC(Cl)c1ccc2c(c1)CCCC(=O)N2. The molecule has 1 aliphatic heterocycles. The Hall–Kier alpha value is -1.02. The highest BCUT2D eigenvalue weighted by Gasteiger charge is 2.16. The van der Waals surface area contributed by atoms with E-state index in [1.165, 1.54) is 11.1 Å². The molecule has 0 bridgehead atoms. The van der Waals surface area contributed by atoms with Crippen LogP contribution in [0.2, 0.25) is 0 Å². The highest BCUT2D eigenvalue weighted by molar-refractivity contribution is 6.20. The molecule has 0 radical (unpaired) electrons. The molecular formula is C16H22ClNO. The van der Waals surface area contributed by atoms with Gasteiger partial charge in [-0.05, 0) is 42.4 Å². The van der Waals surface area contributed by atoms with Gasteiger partial charge in [0.2, 0.25) is 5.91 Å². The molecule has 1 amide bonds. The summed E-state index contributed by atoms with van der Waals surface area (Å²) in [5, 5.41) is 3.03. The second-order valence-electron chi connectivity index (χ2n) is 5.53. The lowest BCUT2D eigenvalue weighted by Gasteiger charge is -2.16. The average Bonchev–Trinajstić information content (AvgIpc) is 2.58. The van der Waals surface area contributed by atoms with E-state index in [4.69, 9.17) is 11.6 Å². The highest BCUT2D eigenvalue weighted by Crippen LogP contribution is 2.32. The van der Waals surface area contributed by atoms with E-state index in [9.17, 15) is 4.79 Å². The van der Waals surface area contributed by atoms with E-state index < -0.39 is 0 Å². The maximum absolute atomic E-state index is 11.5. The molecule has 1 aromatic carbocycles. The minimum Gasteiger partial charge on any atom is -0.326 e. The van der Waals surface area contributed by atoms with Crippen molar-refractivity contribution in [3.63, 3.8) is 0 Å². The molecule has 1 aromatic rings. The summed E-state index contributed by atoms with van der Waals surface area (Å²) in [5.41, 5.74) is 3.36. The summed E-state index contributed by atoms with van der Waals surface area (Å²) in [6.45, 7) is 4.43.